The van der Waals surface area contributed by atoms with Crippen molar-refractivity contribution >= 4 is 17.6 Å². The van der Waals surface area contributed by atoms with E-state index in [-0.39, 0.29) is 11.7 Å². The van der Waals surface area contributed by atoms with Crippen LogP contribution < -0.4 is 4.74 Å². The summed E-state index contributed by atoms with van der Waals surface area (Å²) in [4.78, 5) is 45.5. The number of benzene rings is 1. The van der Waals surface area contributed by atoms with Gasteiger partial charge in [0, 0.05) is 36.6 Å². The average molecular weight is 369 g/mol. The number of likely N-dealkylation sites (tertiary alicyclic amines) is 1. The molecule has 1 fully saturated rings. The number of halogens is 1. The minimum absolute atomic E-state index is 0.333. The molecule has 0 saturated carbocycles. The lowest BCUT2D eigenvalue weighted by molar-refractivity contribution is -0.485. The Kier molecular flexibility index (Phi) is 6.15. The van der Waals surface area contributed by atoms with Gasteiger partial charge in [0.15, 0.2) is 0 Å². The zero-order valence-corrected chi connectivity index (χ0v) is 13.6. The molecule has 0 radical (unpaired) electrons. The number of rotatable bonds is 7. The molecule has 0 aliphatic carbocycles. The second-order valence-electron chi connectivity index (χ2n) is 5.80. The van der Waals surface area contributed by atoms with Gasteiger partial charge in [-0.05, 0) is 18.9 Å². The van der Waals surface area contributed by atoms with Gasteiger partial charge in [0.25, 0.3) is 0 Å². The Balaban J connectivity index is 2.08. The molecule has 0 N–H and O–H groups in total. The summed E-state index contributed by atoms with van der Waals surface area (Å²) in [6, 6.07) is 2.46. The van der Waals surface area contributed by atoms with Crippen molar-refractivity contribution in [3.05, 3.63) is 44.2 Å². The molecule has 1 aliphatic rings. The largest absolute Gasteiger partial charge is 0.426 e. The number of amides is 1. The maximum Gasteiger partial charge on any atom is 0.321 e. The van der Waals surface area contributed by atoms with Crippen LogP contribution in [0.3, 0.4) is 0 Å². The highest BCUT2D eigenvalue weighted by atomic mass is 19.1. The molecule has 1 aromatic rings. The van der Waals surface area contributed by atoms with E-state index in [2.05, 4.69) is 0 Å². The lowest BCUT2D eigenvalue weighted by Gasteiger charge is -2.18. The molecule has 26 heavy (non-hydrogen) atoms. The summed E-state index contributed by atoms with van der Waals surface area (Å²) in [7, 11) is 0. The van der Waals surface area contributed by atoms with Crippen LogP contribution in [0.5, 0.6) is 5.75 Å². The SMILES string of the molecule is O=C(Oc1ccc([N+](=O)[O-])c(F)c1)[C@@H](CC(=O)N1CCCC1)C[N+](=O)[O-]. The number of nitrogens with zero attached hydrogens (tertiary/aromatic N) is 3. The number of ether oxygens (including phenoxy) is 1. The van der Waals surface area contributed by atoms with Crippen LogP contribution in [0, 0.1) is 32.0 Å². The molecule has 1 aromatic carbocycles. The zero-order valence-electron chi connectivity index (χ0n) is 13.6. The van der Waals surface area contributed by atoms with Crippen LogP contribution >= 0.6 is 0 Å². The minimum Gasteiger partial charge on any atom is -0.426 e. The molecule has 0 spiro atoms. The van der Waals surface area contributed by atoms with Gasteiger partial charge in [-0.3, -0.25) is 29.8 Å². The molecule has 11 heteroatoms. The second-order valence-corrected chi connectivity index (χ2v) is 5.80. The van der Waals surface area contributed by atoms with Crippen LogP contribution in [-0.2, 0) is 9.59 Å². The molecular formula is C15H16FN3O7. The fourth-order valence-electron chi connectivity index (χ4n) is 2.61. The predicted molar refractivity (Wildman–Crippen MR) is 84.5 cm³/mol. The van der Waals surface area contributed by atoms with Gasteiger partial charge in [0.1, 0.15) is 11.7 Å². The molecule has 140 valence electrons. The van der Waals surface area contributed by atoms with E-state index in [9.17, 15) is 34.2 Å². The Hall–Kier alpha value is -3.11. The highest BCUT2D eigenvalue weighted by Gasteiger charge is 2.32. The number of carbonyl (C=O) groups is 2. The third kappa shape index (κ3) is 4.94. The molecule has 0 aromatic heterocycles. The molecular weight excluding hydrogens is 353 g/mol. The first-order valence-electron chi connectivity index (χ1n) is 7.83. The minimum atomic E-state index is -1.34. The summed E-state index contributed by atoms with van der Waals surface area (Å²) >= 11 is 0. The van der Waals surface area contributed by atoms with E-state index < -0.39 is 46.2 Å². The fraction of sp³-hybridized carbons (Fsp3) is 0.467. The molecule has 1 saturated heterocycles. The summed E-state index contributed by atoms with van der Waals surface area (Å²) in [5.41, 5.74) is -0.796. The van der Waals surface area contributed by atoms with Crippen molar-refractivity contribution in [2.24, 2.45) is 5.92 Å². The van der Waals surface area contributed by atoms with Gasteiger partial charge in [0.2, 0.25) is 18.3 Å². The first-order chi connectivity index (χ1) is 12.3. The van der Waals surface area contributed by atoms with Crippen molar-refractivity contribution in [2.45, 2.75) is 19.3 Å². The Morgan fingerprint density at radius 1 is 1.23 bits per heavy atom. The normalized spacial score (nSPS) is 14.7. The van der Waals surface area contributed by atoms with Gasteiger partial charge in [-0.2, -0.15) is 4.39 Å². The highest BCUT2D eigenvalue weighted by Crippen LogP contribution is 2.23. The molecule has 0 bridgehead atoms. The van der Waals surface area contributed by atoms with Gasteiger partial charge in [-0.25, -0.2) is 0 Å². The van der Waals surface area contributed by atoms with Gasteiger partial charge in [0.05, 0.1) is 4.92 Å². The van der Waals surface area contributed by atoms with Crippen LogP contribution in [0.15, 0.2) is 18.2 Å². The third-order valence-corrected chi connectivity index (χ3v) is 3.92. The molecule has 1 amide bonds. The van der Waals surface area contributed by atoms with Crippen molar-refractivity contribution < 1.29 is 28.6 Å². The number of hydrogen-bond acceptors (Lipinski definition) is 7. The van der Waals surface area contributed by atoms with Crippen molar-refractivity contribution in [1.29, 1.82) is 0 Å². The molecule has 1 aliphatic heterocycles. The van der Waals surface area contributed by atoms with Gasteiger partial charge in [-0.15, -0.1) is 0 Å². The Labute approximate surface area is 146 Å². The van der Waals surface area contributed by atoms with Crippen molar-refractivity contribution in [3.8, 4) is 5.75 Å². The summed E-state index contributed by atoms with van der Waals surface area (Å²) in [6.07, 6.45) is 1.27. The van der Waals surface area contributed by atoms with E-state index in [1.54, 1.807) is 0 Å². The molecule has 0 unspecified atom stereocenters. The fourth-order valence-corrected chi connectivity index (χ4v) is 2.61. The van der Waals surface area contributed by atoms with Gasteiger partial charge < -0.3 is 9.64 Å². The first-order valence-corrected chi connectivity index (χ1v) is 7.83. The third-order valence-electron chi connectivity index (χ3n) is 3.92. The topological polar surface area (TPSA) is 133 Å². The van der Waals surface area contributed by atoms with E-state index >= 15 is 0 Å². The van der Waals surface area contributed by atoms with Crippen LogP contribution in [0.25, 0.3) is 0 Å². The number of nitro benzene ring substituents is 1. The maximum absolute atomic E-state index is 13.6. The highest BCUT2D eigenvalue weighted by molar-refractivity contribution is 5.84. The number of nitro groups is 2. The standard InChI is InChI=1S/C15H16FN3O7/c16-12-8-11(3-4-13(12)19(24)25)26-15(21)10(9-18(22)23)7-14(20)17-5-1-2-6-17/h3-4,8,10H,1-2,5-7,9H2/t10-/m0/s1. The Bertz CT molecular complexity index is 734. The monoisotopic (exact) mass is 369 g/mol. The van der Waals surface area contributed by atoms with E-state index in [1.807, 2.05) is 0 Å². The molecule has 1 heterocycles. The van der Waals surface area contributed by atoms with E-state index in [1.165, 1.54) is 4.90 Å². The molecule has 10 nitrogen and oxygen atoms in total. The first kappa shape index (κ1) is 19.2. The van der Waals surface area contributed by atoms with Crippen LogP contribution in [-0.4, -0.2) is 46.3 Å². The van der Waals surface area contributed by atoms with E-state index in [4.69, 9.17) is 4.74 Å². The van der Waals surface area contributed by atoms with Crippen LogP contribution in [0.1, 0.15) is 19.3 Å². The molecule has 1 atom stereocenters. The number of hydrogen-bond donors (Lipinski definition) is 0. The number of esters is 1. The average Bonchev–Trinajstić information content (AvgIpc) is 3.08. The van der Waals surface area contributed by atoms with Gasteiger partial charge >= 0.3 is 11.7 Å². The molecule has 2 rings (SSSR count). The zero-order chi connectivity index (χ0) is 19.3. The van der Waals surface area contributed by atoms with Crippen molar-refractivity contribution in [1.82, 2.24) is 4.90 Å². The van der Waals surface area contributed by atoms with Crippen LogP contribution in [0.2, 0.25) is 0 Å². The van der Waals surface area contributed by atoms with Crippen LogP contribution in [0.4, 0.5) is 10.1 Å². The maximum atomic E-state index is 13.6. The Morgan fingerprint density at radius 2 is 1.88 bits per heavy atom. The summed E-state index contributed by atoms with van der Waals surface area (Å²) in [6.45, 7) is 0.257. The predicted octanol–water partition coefficient (Wildman–Crippen LogP) is 1.54. The quantitative estimate of drug-likeness (QED) is 0.308. The van der Waals surface area contributed by atoms with Gasteiger partial charge in [-0.1, -0.05) is 0 Å². The Morgan fingerprint density at radius 3 is 2.42 bits per heavy atom. The lowest BCUT2D eigenvalue weighted by atomic mass is 10.1. The van der Waals surface area contributed by atoms with Crippen molar-refractivity contribution in [3.63, 3.8) is 0 Å². The van der Waals surface area contributed by atoms with E-state index in [0.717, 1.165) is 25.0 Å². The van der Waals surface area contributed by atoms with E-state index in [0.29, 0.717) is 19.2 Å². The summed E-state index contributed by atoms with van der Waals surface area (Å²) in [5.74, 6) is -4.33. The smallest absolute Gasteiger partial charge is 0.321 e. The number of carbonyl (C=O) groups excluding carboxylic acids is 2. The lowest BCUT2D eigenvalue weighted by Crippen LogP contribution is -2.35. The summed E-state index contributed by atoms with van der Waals surface area (Å²) in [5, 5.41) is 21.4. The summed E-state index contributed by atoms with van der Waals surface area (Å²) < 4.78 is 18.5. The van der Waals surface area contributed by atoms with Crippen molar-refractivity contribution in [2.75, 3.05) is 19.6 Å². The second kappa shape index (κ2) is 8.32.